The lowest BCUT2D eigenvalue weighted by atomic mass is 9.99. The molecular weight excluding hydrogens is 328 g/mol. The first-order valence-corrected chi connectivity index (χ1v) is 8.74. The minimum atomic E-state index is 0.861. The van der Waals surface area contributed by atoms with Gasteiger partial charge in [-0.1, -0.05) is 22.9 Å². The SMILES string of the molecule is COc1ccc(Br)cc1CNCCCN1CCC(C)CC1. The highest BCUT2D eigenvalue weighted by molar-refractivity contribution is 9.10. The monoisotopic (exact) mass is 354 g/mol. The van der Waals surface area contributed by atoms with E-state index in [1.54, 1.807) is 7.11 Å². The Balaban J connectivity index is 1.64. The van der Waals surface area contributed by atoms with E-state index < -0.39 is 0 Å². The van der Waals surface area contributed by atoms with Crippen LogP contribution in [0.3, 0.4) is 0 Å². The zero-order chi connectivity index (χ0) is 15.1. The minimum Gasteiger partial charge on any atom is -0.496 e. The topological polar surface area (TPSA) is 24.5 Å². The number of piperidine rings is 1. The number of hydrogen-bond donors (Lipinski definition) is 1. The van der Waals surface area contributed by atoms with Crippen LogP contribution in [0.15, 0.2) is 22.7 Å². The van der Waals surface area contributed by atoms with Gasteiger partial charge in [0.1, 0.15) is 5.75 Å². The Kier molecular flexibility index (Phi) is 7.00. The van der Waals surface area contributed by atoms with Crippen LogP contribution in [0.5, 0.6) is 5.75 Å². The molecule has 1 aliphatic heterocycles. The fourth-order valence-corrected chi connectivity index (χ4v) is 3.23. The quantitative estimate of drug-likeness (QED) is 0.756. The van der Waals surface area contributed by atoms with Gasteiger partial charge in [0.15, 0.2) is 0 Å². The summed E-state index contributed by atoms with van der Waals surface area (Å²) in [4.78, 5) is 2.60. The molecule has 0 radical (unpaired) electrons. The van der Waals surface area contributed by atoms with Gasteiger partial charge in [-0.15, -0.1) is 0 Å². The Morgan fingerprint density at radius 1 is 1.33 bits per heavy atom. The van der Waals surface area contributed by atoms with Crippen molar-refractivity contribution in [3.8, 4) is 5.75 Å². The normalized spacial score (nSPS) is 17.1. The first-order chi connectivity index (χ1) is 10.2. The summed E-state index contributed by atoms with van der Waals surface area (Å²) in [7, 11) is 1.73. The lowest BCUT2D eigenvalue weighted by molar-refractivity contribution is 0.190. The first-order valence-electron chi connectivity index (χ1n) is 7.94. The molecule has 1 aliphatic rings. The molecule has 1 heterocycles. The molecule has 1 saturated heterocycles. The molecule has 1 N–H and O–H groups in total. The van der Waals surface area contributed by atoms with Crippen molar-refractivity contribution < 1.29 is 4.74 Å². The van der Waals surface area contributed by atoms with Crippen LogP contribution in [0.4, 0.5) is 0 Å². The third-order valence-corrected chi connectivity index (χ3v) is 4.76. The highest BCUT2D eigenvalue weighted by Gasteiger charge is 2.14. The lowest BCUT2D eigenvalue weighted by Gasteiger charge is -2.30. The number of methoxy groups -OCH3 is 1. The van der Waals surface area contributed by atoms with Gasteiger partial charge in [0.25, 0.3) is 0 Å². The molecule has 0 spiro atoms. The van der Waals surface area contributed by atoms with E-state index in [2.05, 4.69) is 39.1 Å². The van der Waals surface area contributed by atoms with Crippen LogP contribution < -0.4 is 10.1 Å². The number of benzene rings is 1. The number of ether oxygens (including phenoxy) is 1. The molecule has 1 aromatic rings. The van der Waals surface area contributed by atoms with E-state index in [1.807, 2.05) is 12.1 Å². The molecule has 1 fully saturated rings. The van der Waals surface area contributed by atoms with E-state index in [0.29, 0.717) is 0 Å². The van der Waals surface area contributed by atoms with Gasteiger partial charge >= 0.3 is 0 Å². The number of halogens is 1. The van der Waals surface area contributed by atoms with Crippen LogP contribution in [0.1, 0.15) is 31.7 Å². The fourth-order valence-electron chi connectivity index (χ4n) is 2.82. The van der Waals surface area contributed by atoms with Crippen molar-refractivity contribution in [1.29, 1.82) is 0 Å². The number of hydrogen-bond acceptors (Lipinski definition) is 3. The van der Waals surface area contributed by atoms with E-state index in [4.69, 9.17) is 4.74 Å². The largest absolute Gasteiger partial charge is 0.496 e. The van der Waals surface area contributed by atoms with Gasteiger partial charge in [-0.2, -0.15) is 0 Å². The van der Waals surface area contributed by atoms with Crippen molar-refractivity contribution >= 4 is 15.9 Å². The van der Waals surface area contributed by atoms with E-state index in [-0.39, 0.29) is 0 Å². The van der Waals surface area contributed by atoms with Crippen molar-refractivity contribution in [2.75, 3.05) is 33.3 Å². The zero-order valence-corrected chi connectivity index (χ0v) is 14.8. The predicted octanol–water partition coefficient (Wildman–Crippen LogP) is 3.67. The Morgan fingerprint density at radius 2 is 2.10 bits per heavy atom. The summed E-state index contributed by atoms with van der Waals surface area (Å²) in [6.45, 7) is 8.06. The number of nitrogens with zero attached hydrogens (tertiary/aromatic N) is 1. The van der Waals surface area contributed by atoms with Crippen molar-refractivity contribution in [2.24, 2.45) is 5.92 Å². The van der Waals surface area contributed by atoms with Crippen LogP contribution in [0.2, 0.25) is 0 Å². The first kappa shape index (κ1) is 16.8. The summed E-state index contributed by atoms with van der Waals surface area (Å²) in [5.74, 6) is 1.87. The van der Waals surface area contributed by atoms with E-state index >= 15 is 0 Å². The molecule has 21 heavy (non-hydrogen) atoms. The third-order valence-electron chi connectivity index (χ3n) is 4.26. The zero-order valence-electron chi connectivity index (χ0n) is 13.2. The molecule has 0 unspecified atom stereocenters. The van der Waals surface area contributed by atoms with E-state index in [0.717, 1.165) is 29.2 Å². The molecule has 0 bridgehead atoms. The van der Waals surface area contributed by atoms with Gasteiger partial charge in [-0.3, -0.25) is 0 Å². The molecule has 3 nitrogen and oxygen atoms in total. The summed E-state index contributed by atoms with van der Waals surface area (Å²) in [5, 5.41) is 3.52. The van der Waals surface area contributed by atoms with Gasteiger partial charge in [0.05, 0.1) is 7.11 Å². The van der Waals surface area contributed by atoms with E-state index in [1.165, 1.54) is 44.5 Å². The van der Waals surface area contributed by atoms with Crippen LogP contribution in [-0.4, -0.2) is 38.2 Å². The molecule has 1 aromatic carbocycles. The van der Waals surface area contributed by atoms with Crippen molar-refractivity contribution in [2.45, 2.75) is 32.7 Å². The van der Waals surface area contributed by atoms with E-state index in [9.17, 15) is 0 Å². The Labute approximate surface area is 137 Å². The molecule has 0 atom stereocenters. The van der Waals surface area contributed by atoms with Crippen molar-refractivity contribution in [3.05, 3.63) is 28.2 Å². The standard InChI is InChI=1S/C17H27BrN2O/c1-14-6-10-20(11-7-14)9-3-8-19-13-15-12-16(18)4-5-17(15)21-2/h4-5,12,14,19H,3,6-11,13H2,1-2H3. The fraction of sp³-hybridized carbons (Fsp3) is 0.647. The van der Waals surface area contributed by atoms with Crippen LogP contribution in [0.25, 0.3) is 0 Å². The van der Waals surface area contributed by atoms with Gasteiger partial charge < -0.3 is 15.0 Å². The Bertz CT molecular complexity index is 431. The molecular formula is C17H27BrN2O. The van der Waals surface area contributed by atoms with Gasteiger partial charge in [-0.05, 0) is 69.6 Å². The van der Waals surface area contributed by atoms with Gasteiger partial charge in [-0.25, -0.2) is 0 Å². The second kappa shape index (κ2) is 8.76. The number of rotatable bonds is 7. The average molecular weight is 355 g/mol. The average Bonchev–Trinajstić information content (AvgIpc) is 2.49. The second-order valence-electron chi connectivity index (χ2n) is 6.01. The van der Waals surface area contributed by atoms with Crippen LogP contribution >= 0.6 is 15.9 Å². The van der Waals surface area contributed by atoms with Crippen molar-refractivity contribution in [1.82, 2.24) is 10.2 Å². The third kappa shape index (κ3) is 5.61. The molecule has 4 heteroatoms. The molecule has 0 aliphatic carbocycles. The number of likely N-dealkylation sites (tertiary alicyclic amines) is 1. The Morgan fingerprint density at radius 3 is 2.81 bits per heavy atom. The van der Waals surface area contributed by atoms with Gasteiger partial charge in [0, 0.05) is 16.6 Å². The predicted molar refractivity (Wildman–Crippen MR) is 91.9 cm³/mol. The minimum absolute atomic E-state index is 0.861. The molecule has 0 saturated carbocycles. The number of nitrogens with one attached hydrogen (secondary N) is 1. The van der Waals surface area contributed by atoms with Crippen LogP contribution in [0, 0.1) is 5.92 Å². The summed E-state index contributed by atoms with van der Waals surface area (Å²) in [5.41, 5.74) is 1.21. The maximum Gasteiger partial charge on any atom is 0.123 e. The summed E-state index contributed by atoms with van der Waals surface area (Å²) in [6, 6.07) is 6.15. The second-order valence-corrected chi connectivity index (χ2v) is 6.93. The maximum atomic E-state index is 5.39. The van der Waals surface area contributed by atoms with Crippen molar-refractivity contribution in [3.63, 3.8) is 0 Å². The maximum absolute atomic E-state index is 5.39. The Hall–Kier alpha value is -0.580. The molecule has 0 amide bonds. The molecule has 118 valence electrons. The van der Waals surface area contributed by atoms with Gasteiger partial charge in [0.2, 0.25) is 0 Å². The highest BCUT2D eigenvalue weighted by atomic mass is 79.9. The molecule has 2 rings (SSSR count). The van der Waals surface area contributed by atoms with Crippen LogP contribution in [-0.2, 0) is 6.54 Å². The summed E-state index contributed by atoms with van der Waals surface area (Å²) >= 11 is 3.52. The summed E-state index contributed by atoms with van der Waals surface area (Å²) in [6.07, 6.45) is 3.94. The highest BCUT2D eigenvalue weighted by Crippen LogP contribution is 2.22. The molecule has 0 aromatic heterocycles. The lowest BCUT2D eigenvalue weighted by Crippen LogP contribution is -2.34. The smallest absolute Gasteiger partial charge is 0.123 e. The summed E-state index contributed by atoms with van der Waals surface area (Å²) < 4.78 is 6.49.